The Hall–Kier alpha value is -3.61. The molecule has 0 bridgehead atoms. The van der Waals surface area contributed by atoms with Crippen LogP contribution in [-0.4, -0.2) is 26.9 Å². The first-order chi connectivity index (χ1) is 12.5. The number of aromatic hydroxyl groups is 2. The maximum Gasteiger partial charge on any atom is 0.271 e. The third-order valence-electron chi connectivity index (χ3n) is 3.69. The minimum atomic E-state index is -0.584. The molecule has 0 saturated carbocycles. The topological polar surface area (TPSA) is 86.9 Å². The zero-order valence-corrected chi connectivity index (χ0v) is 13.6. The summed E-state index contributed by atoms with van der Waals surface area (Å²) in [4.78, 5) is 12.0. The summed E-state index contributed by atoms with van der Waals surface area (Å²) in [5.41, 5.74) is 3.60. The van der Waals surface area contributed by atoms with Crippen molar-refractivity contribution in [1.82, 2.24) is 9.99 Å². The number of phenols is 2. The molecule has 26 heavy (non-hydrogen) atoms. The Kier molecular flexibility index (Phi) is 4.98. The highest BCUT2D eigenvalue weighted by Gasteiger charge is 2.08. The lowest BCUT2D eigenvalue weighted by Gasteiger charge is -2.07. The van der Waals surface area contributed by atoms with Gasteiger partial charge in [-0.3, -0.25) is 4.79 Å². The van der Waals surface area contributed by atoms with Crippen molar-refractivity contribution in [1.29, 1.82) is 0 Å². The zero-order chi connectivity index (χ0) is 18.5. The van der Waals surface area contributed by atoms with Crippen LogP contribution in [0.15, 0.2) is 65.9 Å². The molecule has 0 aliphatic carbocycles. The normalized spacial score (nSPS) is 11.0. The largest absolute Gasteiger partial charge is 0.508 e. The second-order valence-corrected chi connectivity index (χ2v) is 5.59. The number of hydrazone groups is 1. The van der Waals surface area contributed by atoms with E-state index in [1.54, 1.807) is 41.1 Å². The van der Waals surface area contributed by atoms with Gasteiger partial charge in [0, 0.05) is 23.4 Å². The summed E-state index contributed by atoms with van der Waals surface area (Å²) in [6.45, 7) is 0.329. The lowest BCUT2D eigenvalue weighted by atomic mass is 10.2. The molecule has 3 N–H and O–H groups in total. The number of phenolic OH excluding ortho intramolecular Hbond substituents is 2. The minimum absolute atomic E-state index is 0.0707. The molecule has 0 radical (unpaired) electrons. The number of carbonyl (C=O) groups excluding carboxylic acids is 1. The number of nitrogens with one attached hydrogen (secondary N) is 1. The molecular weight excluding hydrogens is 337 g/mol. The predicted octanol–water partition coefficient (Wildman–Crippen LogP) is 2.85. The van der Waals surface area contributed by atoms with E-state index in [9.17, 15) is 19.4 Å². The van der Waals surface area contributed by atoms with Crippen molar-refractivity contribution in [2.75, 3.05) is 0 Å². The second kappa shape index (κ2) is 7.52. The molecule has 0 fully saturated rings. The zero-order valence-electron chi connectivity index (χ0n) is 13.6. The Morgan fingerprint density at radius 2 is 1.85 bits per heavy atom. The van der Waals surface area contributed by atoms with Gasteiger partial charge in [0.25, 0.3) is 5.91 Å². The summed E-state index contributed by atoms with van der Waals surface area (Å²) in [6, 6.07) is 13.6. The Morgan fingerprint density at radius 1 is 1.12 bits per heavy atom. The summed E-state index contributed by atoms with van der Waals surface area (Å²) in [6.07, 6.45) is 3.21. The number of rotatable bonds is 5. The van der Waals surface area contributed by atoms with Crippen LogP contribution in [0.3, 0.4) is 0 Å². The van der Waals surface area contributed by atoms with Crippen molar-refractivity contribution in [3.8, 4) is 11.5 Å². The van der Waals surface area contributed by atoms with E-state index in [0.29, 0.717) is 17.8 Å². The van der Waals surface area contributed by atoms with E-state index in [2.05, 4.69) is 10.5 Å². The van der Waals surface area contributed by atoms with Gasteiger partial charge in [-0.2, -0.15) is 5.10 Å². The van der Waals surface area contributed by atoms with E-state index in [0.717, 1.165) is 6.07 Å². The first-order valence-corrected chi connectivity index (χ1v) is 7.78. The van der Waals surface area contributed by atoms with Crippen LogP contribution in [0, 0.1) is 5.82 Å². The molecule has 1 aromatic heterocycles. The number of hydrogen-bond donors (Lipinski definition) is 3. The van der Waals surface area contributed by atoms with Crippen LogP contribution in [0.1, 0.15) is 21.6 Å². The number of benzene rings is 2. The van der Waals surface area contributed by atoms with Crippen LogP contribution in [0.2, 0.25) is 0 Å². The van der Waals surface area contributed by atoms with Gasteiger partial charge >= 0.3 is 0 Å². The van der Waals surface area contributed by atoms with E-state index < -0.39 is 5.91 Å². The molecule has 1 heterocycles. The van der Waals surface area contributed by atoms with Gasteiger partial charge in [-0.05, 0) is 30.3 Å². The van der Waals surface area contributed by atoms with Gasteiger partial charge in [-0.15, -0.1) is 0 Å². The molecule has 7 heteroatoms. The number of amides is 1. The molecule has 3 aromatic rings. The fraction of sp³-hybridized carbons (Fsp3) is 0.0526. The predicted molar refractivity (Wildman–Crippen MR) is 94.8 cm³/mol. The van der Waals surface area contributed by atoms with E-state index in [1.165, 1.54) is 24.4 Å². The molecular formula is C19H16FN3O3. The molecule has 0 unspecified atom stereocenters. The highest BCUT2D eigenvalue weighted by molar-refractivity contribution is 5.95. The number of hydrogen-bond acceptors (Lipinski definition) is 4. The summed E-state index contributed by atoms with van der Waals surface area (Å²) >= 11 is 0. The van der Waals surface area contributed by atoms with E-state index >= 15 is 0 Å². The molecule has 0 atom stereocenters. The molecule has 3 rings (SSSR count). The van der Waals surface area contributed by atoms with Crippen LogP contribution in [-0.2, 0) is 6.54 Å². The van der Waals surface area contributed by atoms with Gasteiger partial charge in [0.1, 0.15) is 17.3 Å². The fourth-order valence-electron chi connectivity index (χ4n) is 2.45. The second-order valence-electron chi connectivity index (χ2n) is 5.59. The number of nitrogens with zero attached hydrogens (tertiary/aromatic N) is 2. The maximum atomic E-state index is 13.8. The van der Waals surface area contributed by atoms with Crippen molar-refractivity contribution in [3.63, 3.8) is 0 Å². The Morgan fingerprint density at radius 3 is 2.58 bits per heavy atom. The monoisotopic (exact) mass is 353 g/mol. The van der Waals surface area contributed by atoms with E-state index in [4.69, 9.17) is 0 Å². The van der Waals surface area contributed by atoms with Crippen molar-refractivity contribution in [2.24, 2.45) is 5.10 Å². The molecule has 6 nitrogen and oxygen atoms in total. The summed E-state index contributed by atoms with van der Waals surface area (Å²) < 4.78 is 15.6. The van der Waals surface area contributed by atoms with Crippen LogP contribution >= 0.6 is 0 Å². The lowest BCUT2D eigenvalue weighted by molar-refractivity contribution is 0.0954. The van der Waals surface area contributed by atoms with Crippen molar-refractivity contribution < 1.29 is 19.4 Å². The molecule has 0 aliphatic heterocycles. The standard InChI is InChI=1S/C19H16FN3O3/c20-18-6-2-1-4-13(18)12-23-7-3-5-15(23)11-21-22-19(26)14-8-16(24)10-17(25)9-14/h1-11,24-25H,12H2,(H,22,26)/b21-11+. The van der Waals surface area contributed by atoms with Crippen molar-refractivity contribution >= 4 is 12.1 Å². The first kappa shape index (κ1) is 17.2. The third kappa shape index (κ3) is 4.07. The fourth-order valence-corrected chi connectivity index (χ4v) is 2.45. The van der Waals surface area contributed by atoms with Gasteiger partial charge in [0.2, 0.25) is 0 Å². The van der Waals surface area contributed by atoms with Gasteiger partial charge in [0.15, 0.2) is 0 Å². The quantitative estimate of drug-likeness (QED) is 0.487. The molecule has 0 spiro atoms. The number of halogens is 1. The number of carbonyl (C=O) groups is 1. The first-order valence-electron chi connectivity index (χ1n) is 7.78. The van der Waals surface area contributed by atoms with Crippen LogP contribution in [0.4, 0.5) is 4.39 Å². The van der Waals surface area contributed by atoms with Crippen LogP contribution in [0.25, 0.3) is 0 Å². The van der Waals surface area contributed by atoms with E-state index in [-0.39, 0.29) is 22.9 Å². The van der Waals surface area contributed by atoms with Crippen LogP contribution < -0.4 is 5.43 Å². The van der Waals surface area contributed by atoms with Crippen LogP contribution in [0.5, 0.6) is 11.5 Å². The molecule has 1 amide bonds. The summed E-state index contributed by atoms with van der Waals surface area (Å²) in [7, 11) is 0. The highest BCUT2D eigenvalue weighted by atomic mass is 19.1. The third-order valence-corrected chi connectivity index (χ3v) is 3.69. The summed E-state index contributed by atoms with van der Waals surface area (Å²) in [5.74, 6) is -1.32. The van der Waals surface area contributed by atoms with Crippen molar-refractivity contribution in [2.45, 2.75) is 6.54 Å². The van der Waals surface area contributed by atoms with Gasteiger partial charge in [-0.1, -0.05) is 18.2 Å². The Bertz CT molecular complexity index is 946. The number of aromatic nitrogens is 1. The smallest absolute Gasteiger partial charge is 0.271 e. The highest BCUT2D eigenvalue weighted by Crippen LogP contribution is 2.20. The minimum Gasteiger partial charge on any atom is -0.508 e. The molecule has 0 aliphatic rings. The average molecular weight is 353 g/mol. The van der Waals surface area contributed by atoms with Gasteiger partial charge < -0.3 is 14.8 Å². The van der Waals surface area contributed by atoms with Gasteiger partial charge in [0.05, 0.1) is 18.5 Å². The lowest BCUT2D eigenvalue weighted by Crippen LogP contribution is -2.17. The summed E-state index contributed by atoms with van der Waals surface area (Å²) in [5, 5.41) is 22.7. The molecule has 0 saturated heterocycles. The Balaban J connectivity index is 1.69. The van der Waals surface area contributed by atoms with Gasteiger partial charge in [-0.25, -0.2) is 9.82 Å². The average Bonchev–Trinajstić information content (AvgIpc) is 3.03. The maximum absolute atomic E-state index is 13.8. The van der Waals surface area contributed by atoms with Crippen molar-refractivity contribution in [3.05, 3.63) is 83.4 Å². The van der Waals surface area contributed by atoms with E-state index in [1.807, 2.05) is 0 Å². The molecule has 132 valence electrons. The molecule has 2 aromatic carbocycles. The Labute approximate surface area is 148 Å². The SMILES string of the molecule is O=C(N/N=C/c1cccn1Cc1ccccc1F)c1cc(O)cc(O)c1.